The first-order valence-electron chi connectivity index (χ1n) is 4.33. The van der Waals surface area contributed by atoms with Crippen LogP contribution < -0.4 is 5.73 Å². The van der Waals surface area contributed by atoms with E-state index in [9.17, 15) is 13.2 Å². The van der Waals surface area contributed by atoms with Crippen LogP contribution in [0.3, 0.4) is 0 Å². The van der Waals surface area contributed by atoms with Gasteiger partial charge in [-0.15, -0.1) is 0 Å². The molecule has 0 aromatic carbocycles. The fourth-order valence-corrected chi connectivity index (χ4v) is 1.13. The van der Waals surface area contributed by atoms with Gasteiger partial charge in [0.15, 0.2) is 0 Å². The van der Waals surface area contributed by atoms with Crippen LogP contribution in [0.2, 0.25) is 0 Å². The molecule has 1 rings (SSSR count). The second-order valence-corrected chi connectivity index (χ2v) is 3.61. The van der Waals surface area contributed by atoms with E-state index in [1.807, 2.05) is 13.8 Å². The summed E-state index contributed by atoms with van der Waals surface area (Å²) in [6.07, 6.45) is -3.36. The molecule has 1 aromatic heterocycles. The first-order valence-corrected chi connectivity index (χ1v) is 4.33. The van der Waals surface area contributed by atoms with Crippen molar-refractivity contribution in [3.05, 3.63) is 23.5 Å². The summed E-state index contributed by atoms with van der Waals surface area (Å²) in [4.78, 5) is 2.55. The van der Waals surface area contributed by atoms with Gasteiger partial charge in [-0.3, -0.25) is 0 Å². The highest BCUT2D eigenvalue weighted by atomic mass is 19.4. The molecule has 0 saturated carbocycles. The Balaban J connectivity index is 2.89. The highest BCUT2D eigenvalue weighted by molar-refractivity contribution is 5.22. The Morgan fingerprint density at radius 1 is 1.36 bits per heavy atom. The van der Waals surface area contributed by atoms with E-state index in [2.05, 4.69) is 4.98 Å². The molecule has 1 heterocycles. The summed E-state index contributed by atoms with van der Waals surface area (Å²) >= 11 is 0. The fourth-order valence-electron chi connectivity index (χ4n) is 1.13. The Kier molecular flexibility index (Phi) is 2.89. The van der Waals surface area contributed by atoms with Crippen molar-refractivity contribution in [2.45, 2.75) is 26.1 Å². The predicted octanol–water partition coefficient (Wildman–Crippen LogP) is 2.69. The van der Waals surface area contributed by atoms with E-state index in [4.69, 9.17) is 5.73 Å². The van der Waals surface area contributed by atoms with Gasteiger partial charge in [0.2, 0.25) is 0 Å². The lowest BCUT2D eigenvalue weighted by atomic mass is 10.0. The molecule has 0 radical (unpaired) electrons. The topological polar surface area (TPSA) is 41.8 Å². The van der Waals surface area contributed by atoms with Crippen LogP contribution in [-0.4, -0.2) is 4.98 Å². The van der Waals surface area contributed by atoms with Crippen molar-refractivity contribution in [1.82, 2.24) is 4.98 Å². The van der Waals surface area contributed by atoms with Crippen LogP contribution in [-0.2, 0) is 6.18 Å². The number of nitrogens with two attached hydrogens (primary N) is 1. The number of aromatic nitrogens is 1. The van der Waals surface area contributed by atoms with E-state index < -0.39 is 11.7 Å². The average molecular weight is 206 g/mol. The summed E-state index contributed by atoms with van der Waals surface area (Å²) in [5.41, 5.74) is 5.44. The van der Waals surface area contributed by atoms with Crippen molar-refractivity contribution in [3.8, 4) is 0 Å². The zero-order valence-corrected chi connectivity index (χ0v) is 8.02. The molecule has 0 bridgehead atoms. The molecule has 3 N–H and O–H groups in total. The van der Waals surface area contributed by atoms with Gasteiger partial charge in [-0.2, -0.15) is 13.2 Å². The molecule has 0 aliphatic carbocycles. The number of H-pyrrole nitrogens is 1. The molecule has 0 aliphatic heterocycles. The summed E-state index contributed by atoms with van der Waals surface area (Å²) in [5.74, 6) is 0.106. The molecular weight excluding hydrogens is 193 g/mol. The van der Waals surface area contributed by atoms with Gasteiger partial charge in [0.25, 0.3) is 0 Å². The van der Waals surface area contributed by atoms with Crippen LogP contribution in [0, 0.1) is 5.92 Å². The van der Waals surface area contributed by atoms with Gasteiger partial charge >= 0.3 is 6.18 Å². The zero-order valence-electron chi connectivity index (χ0n) is 8.02. The summed E-state index contributed by atoms with van der Waals surface area (Å²) in [5, 5.41) is 0. The van der Waals surface area contributed by atoms with Crippen molar-refractivity contribution >= 4 is 0 Å². The van der Waals surface area contributed by atoms with Crippen molar-refractivity contribution < 1.29 is 13.2 Å². The molecule has 80 valence electrons. The van der Waals surface area contributed by atoms with E-state index in [1.165, 1.54) is 0 Å². The first-order chi connectivity index (χ1) is 6.32. The Bertz CT molecular complexity index is 301. The smallest absolute Gasteiger partial charge is 0.363 e. The van der Waals surface area contributed by atoms with Gasteiger partial charge in [-0.25, -0.2) is 0 Å². The van der Waals surface area contributed by atoms with Crippen LogP contribution >= 0.6 is 0 Å². The molecule has 1 atom stereocenters. The summed E-state index contributed by atoms with van der Waals surface area (Å²) < 4.78 is 36.6. The standard InChI is InChI=1S/C9H13F3N2/c1-5(2)8(13)7-3-6(4-14-7)9(10,11)12/h3-5,8,14H,13H2,1-2H3. The van der Waals surface area contributed by atoms with Gasteiger partial charge in [0.05, 0.1) is 5.56 Å². The minimum absolute atomic E-state index is 0.106. The Hall–Kier alpha value is -0.970. The average Bonchev–Trinajstić information content (AvgIpc) is 2.49. The largest absolute Gasteiger partial charge is 0.417 e. The number of rotatable bonds is 2. The lowest BCUT2D eigenvalue weighted by molar-refractivity contribution is -0.137. The number of halogens is 3. The second-order valence-electron chi connectivity index (χ2n) is 3.61. The fraction of sp³-hybridized carbons (Fsp3) is 0.556. The zero-order chi connectivity index (χ0) is 10.9. The predicted molar refractivity (Wildman–Crippen MR) is 47.6 cm³/mol. The van der Waals surface area contributed by atoms with Crippen molar-refractivity contribution in [2.75, 3.05) is 0 Å². The Morgan fingerprint density at radius 2 is 1.93 bits per heavy atom. The molecule has 0 saturated heterocycles. The van der Waals surface area contributed by atoms with Gasteiger partial charge < -0.3 is 10.7 Å². The van der Waals surface area contributed by atoms with Gasteiger partial charge in [0, 0.05) is 17.9 Å². The van der Waals surface area contributed by atoms with Crippen molar-refractivity contribution in [2.24, 2.45) is 11.7 Å². The van der Waals surface area contributed by atoms with E-state index in [0.717, 1.165) is 12.3 Å². The third-order valence-corrected chi connectivity index (χ3v) is 2.11. The van der Waals surface area contributed by atoms with Crippen molar-refractivity contribution in [3.63, 3.8) is 0 Å². The normalized spacial score (nSPS) is 14.8. The minimum atomic E-state index is -4.30. The van der Waals surface area contributed by atoms with Crippen molar-refractivity contribution in [1.29, 1.82) is 0 Å². The molecule has 1 aromatic rings. The molecule has 0 fully saturated rings. The summed E-state index contributed by atoms with van der Waals surface area (Å²) in [6, 6.07) is 0.677. The minimum Gasteiger partial charge on any atom is -0.363 e. The van der Waals surface area contributed by atoms with E-state index in [1.54, 1.807) is 0 Å². The van der Waals surface area contributed by atoms with E-state index >= 15 is 0 Å². The van der Waals surface area contributed by atoms with Gasteiger partial charge in [-0.1, -0.05) is 13.8 Å². The number of alkyl halides is 3. The van der Waals surface area contributed by atoms with Crippen LogP contribution in [0.1, 0.15) is 31.1 Å². The molecular formula is C9H13F3N2. The maximum atomic E-state index is 12.2. The number of hydrogen-bond acceptors (Lipinski definition) is 1. The molecule has 0 aliphatic rings. The van der Waals surface area contributed by atoms with E-state index in [-0.39, 0.29) is 12.0 Å². The summed E-state index contributed by atoms with van der Waals surface area (Å²) in [7, 11) is 0. The molecule has 5 heteroatoms. The second kappa shape index (κ2) is 3.65. The maximum absolute atomic E-state index is 12.2. The quantitative estimate of drug-likeness (QED) is 0.767. The third-order valence-electron chi connectivity index (χ3n) is 2.11. The monoisotopic (exact) mass is 206 g/mol. The molecule has 1 unspecified atom stereocenters. The molecule has 14 heavy (non-hydrogen) atoms. The van der Waals surface area contributed by atoms with Crippen LogP contribution in [0.5, 0.6) is 0 Å². The highest BCUT2D eigenvalue weighted by Gasteiger charge is 2.32. The highest BCUT2D eigenvalue weighted by Crippen LogP contribution is 2.31. The van der Waals surface area contributed by atoms with Gasteiger partial charge in [-0.05, 0) is 12.0 Å². The maximum Gasteiger partial charge on any atom is 0.417 e. The SMILES string of the molecule is CC(C)C(N)c1cc(C(F)(F)F)c[nH]1. The molecule has 0 amide bonds. The summed E-state index contributed by atoms with van der Waals surface area (Å²) in [6.45, 7) is 3.72. The number of hydrogen-bond donors (Lipinski definition) is 2. The molecule has 0 spiro atoms. The van der Waals surface area contributed by atoms with Crippen LogP contribution in [0.25, 0.3) is 0 Å². The Morgan fingerprint density at radius 3 is 2.29 bits per heavy atom. The lowest BCUT2D eigenvalue weighted by Gasteiger charge is -2.13. The van der Waals surface area contributed by atoms with Gasteiger partial charge in [0.1, 0.15) is 0 Å². The number of nitrogens with one attached hydrogen (secondary N) is 1. The lowest BCUT2D eigenvalue weighted by Crippen LogP contribution is -2.16. The van der Waals surface area contributed by atoms with Crippen LogP contribution in [0.15, 0.2) is 12.3 Å². The Labute approximate surface area is 80.3 Å². The van der Waals surface area contributed by atoms with E-state index in [0.29, 0.717) is 5.69 Å². The molecule has 2 nitrogen and oxygen atoms in total. The third kappa shape index (κ3) is 2.29. The van der Waals surface area contributed by atoms with Crippen LogP contribution in [0.4, 0.5) is 13.2 Å². The number of aromatic amines is 1. The first kappa shape index (κ1) is 11.1.